The SMILES string of the molecule is COC1CC(NS(=O)(=O)c2cc(C(=O)O)sc2C)C1. The molecule has 2 N–H and O–H groups in total. The van der Waals surface area contributed by atoms with Crippen LogP contribution in [0.15, 0.2) is 11.0 Å². The van der Waals surface area contributed by atoms with E-state index in [1.807, 2.05) is 0 Å². The van der Waals surface area contributed by atoms with Crippen molar-refractivity contribution in [3.63, 3.8) is 0 Å². The summed E-state index contributed by atoms with van der Waals surface area (Å²) >= 11 is 0.964. The zero-order valence-corrected chi connectivity index (χ0v) is 12.2. The minimum Gasteiger partial charge on any atom is -0.477 e. The third-order valence-electron chi connectivity index (χ3n) is 3.12. The Morgan fingerprint density at radius 2 is 2.16 bits per heavy atom. The minimum absolute atomic E-state index is 0.0289. The Bertz CT molecular complexity index is 586. The van der Waals surface area contributed by atoms with Crippen molar-refractivity contribution < 1.29 is 23.1 Å². The first-order valence-corrected chi connectivity index (χ1v) is 8.02. The molecule has 0 radical (unpaired) electrons. The van der Waals surface area contributed by atoms with E-state index in [1.54, 1.807) is 14.0 Å². The molecule has 1 saturated carbocycles. The Hall–Kier alpha value is -0.960. The number of hydrogen-bond donors (Lipinski definition) is 2. The summed E-state index contributed by atoms with van der Waals surface area (Å²) in [6.07, 6.45) is 1.39. The van der Waals surface area contributed by atoms with Crippen LogP contribution in [0.2, 0.25) is 0 Å². The Morgan fingerprint density at radius 3 is 2.63 bits per heavy atom. The van der Waals surface area contributed by atoms with E-state index in [9.17, 15) is 13.2 Å². The van der Waals surface area contributed by atoms with Crippen LogP contribution in [0.4, 0.5) is 0 Å². The number of ether oxygens (including phenoxy) is 1. The molecule has 6 nitrogen and oxygen atoms in total. The quantitative estimate of drug-likeness (QED) is 0.853. The standard InChI is InChI=1S/C11H15NO5S2/c1-6-10(5-9(18-6)11(13)14)19(15,16)12-7-3-8(4-7)17-2/h5,7-8,12H,3-4H2,1-2H3,(H,13,14). The number of sulfonamides is 1. The number of aryl methyl sites for hydroxylation is 1. The van der Waals surface area contributed by atoms with Crippen LogP contribution in [0.25, 0.3) is 0 Å². The summed E-state index contributed by atoms with van der Waals surface area (Å²) in [5, 5.41) is 8.87. The van der Waals surface area contributed by atoms with E-state index in [0.717, 1.165) is 11.3 Å². The van der Waals surface area contributed by atoms with Crippen molar-refractivity contribution in [1.82, 2.24) is 4.72 Å². The number of rotatable bonds is 5. The van der Waals surface area contributed by atoms with Crippen LogP contribution in [0.5, 0.6) is 0 Å². The zero-order chi connectivity index (χ0) is 14.2. The molecule has 0 spiro atoms. The van der Waals surface area contributed by atoms with Gasteiger partial charge in [0.15, 0.2) is 0 Å². The molecule has 1 aromatic rings. The van der Waals surface area contributed by atoms with E-state index in [2.05, 4.69) is 4.72 Å². The van der Waals surface area contributed by atoms with E-state index < -0.39 is 16.0 Å². The van der Waals surface area contributed by atoms with Gasteiger partial charge >= 0.3 is 5.97 Å². The smallest absolute Gasteiger partial charge is 0.345 e. The summed E-state index contributed by atoms with van der Waals surface area (Å²) < 4.78 is 32.0. The molecule has 0 saturated heterocycles. The fourth-order valence-corrected chi connectivity index (χ4v) is 4.67. The number of thiophene rings is 1. The molecule has 0 atom stereocenters. The Kier molecular flexibility index (Phi) is 3.95. The molecule has 1 heterocycles. The van der Waals surface area contributed by atoms with Crippen molar-refractivity contribution in [3.8, 4) is 0 Å². The molecular formula is C11H15NO5S2. The first-order chi connectivity index (χ1) is 8.83. The Balaban J connectivity index is 2.14. The minimum atomic E-state index is -3.65. The number of aromatic carboxylic acids is 1. The monoisotopic (exact) mass is 305 g/mol. The van der Waals surface area contributed by atoms with E-state index in [4.69, 9.17) is 9.84 Å². The molecule has 106 valence electrons. The molecule has 0 bridgehead atoms. The summed E-state index contributed by atoms with van der Waals surface area (Å²) in [5.41, 5.74) is 0. The third-order valence-corrected chi connectivity index (χ3v) is 5.94. The molecule has 1 aliphatic carbocycles. The highest BCUT2D eigenvalue weighted by Crippen LogP contribution is 2.28. The first kappa shape index (κ1) is 14.4. The maximum Gasteiger partial charge on any atom is 0.345 e. The number of methoxy groups -OCH3 is 1. The molecule has 2 rings (SSSR count). The van der Waals surface area contributed by atoms with Gasteiger partial charge in [-0.25, -0.2) is 17.9 Å². The highest BCUT2D eigenvalue weighted by Gasteiger charge is 2.33. The van der Waals surface area contributed by atoms with Crippen molar-refractivity contribution in [2.24, 2.45) is 0 Å². The van der Waals surface area contributed by atoms with Crippen LogP contribution in [0.3, 0.4) is 0 Å². The van der Waals surface area contributed by atoms with Gasteiger partial charge in [-0.3, -0.25) is 0 Å². The molecule has 1 fully saturated rings. The lowest BCUT2D eigenvalue weighted by Gasteiger charge is -2.34. The Labute approximate surface area is 115 Å². The van der Waals surface area contributed by atoms with Gasteiger partial charge in [0, 0.05) is 18.0 Å². The van der Waals surface area contributed by atoms with Gasteiger partial charge in [-0.05, 0) is 25.8 Å². The van der Waals surface area contributed by atoms with Crippen LogP contribution in [0.1, 0.15) is 27.4 Å². The van der Waals surface area contributed by atoms with Crippen molar-refractivity contribution in [1.29, 1.82) is 0 Å². The maximum atomic E-state index is 12.1. The largest absolute Gasteiger partial charge is 0.477 e. The van der Waals surface area contributed by atoms with Gasteiger partial charge < -0.3 is 9.84 Å². The fourth-order valence-electron chi connectivity index (χ4n) is 1.97. The lowest BCUT2D eigenvalue weighted by atomic mass is 9.90. The van der Waals surface area contributed by atoms with Gasteiger partial charge in [0.1, 0.15) is 4.88 Å². The average molecular weight is 305 g/mol. The molecular weight excluding hydrogens is 290 g/mol. The van der Waals surface area contributed by atoms with E-state index in [0.29, 0.717) is 17.7 Å². The van der Waals surface area contributed by atoms with Crippen molar-refractivity contribution in [2.75, 3.05) is 7.11 Å². The number of carboxylic acids is 1. The molecule has 8 heteroatoms. The summed E-state index contributed by atoms with van der Waals surface area (Å²) in [6.45, 7) is 1.60. The topological polar surface area (TPSA) is 92.7 Å². The molecule has 0 amide bonds. The molecule has 0 unspecified atom stereocenters. The number of nitrogens with one attached hydrogen (secondary N) is 1. The second-order valence-corrected chi connectivity index (χ2v) is 7.42. The molecule has 19 heavy (non-hydrogen) atoms. The third kappa shape index (κ3) is 2.97. The van der Waals surface area contributed by atoms with Gasteiger partial charge in [0.05, 0.1) is 11.0 Å². The first-order valence-electron chi connectivity index (χ1n) is 5.72. The molecule has 0 aliphatic heterocycles. The highest BCUT2D eigenvalue weighted by molar-refractivity contribution is 7.89. The van der Waals surface area contributed by atoms with Crippen molar-refractivity contribution in [2.45, 2.75) is 36.8 Å². The number of hydrogen-bond acceptors (Lipinski definition) is 5. The van der Waals surface area contributed by atoms with Gasteiger partial charge in [0.25, 0.3) is 0 Å². The van der Waals surface area contributed by atoms with Gasteiger partial charge in [-0.2, -0.15) is 0 Å². The summed E-state index contributed by atoms with van der Waals surface area (Å²) in [6, 6.07) is 1.07. The van der Waals surface area contributed by atoms with Crippen LogP contribution in [-0.4, -0.2) is 38.7 Å². The summed E-state index contributed by atoms with van der Waals surface area (Å²) in [5.74, 6) is -1.11. The van der Waals surface area contributed by atoms with Crippen LogP contribution in [-0.2, 0) is 14.8 Å². The molecule has 1 aromatic heterocycles. The zero-order valence-electron chi connectivity index (χ0n) is 10.5. The highest BCUT2D eigenvalue weighted by atomic mass is 32.2. The molecule has 1 aliphatic rings. The lowest BCUT2D eigenvalue weighted by molar-refractivity contribution is 0.0236. The maximum absolute atomic E-state index is 12.1. The van der Waals surface area contributed by atoms with Crippen molar-refractivity contribution in [3.05, 3.63) is 15.8 Å². The normalized spacial score (nSPS) is 23.1. The van der Waals surface area contributed by atoms with E-state index in [-0.39, 0.29) is 21.9 Å². The van der Waals surface area contributed by atoms with Gasteiger partial charge in [-0.1, -0.05) is 0 Å². The fraction of sp³-hybridized carbons (Fsp3) is 0.545. The predicted molar refractivity (Wildman–Crippen MR) is 70.2 cm³/mol. The van der Waals surface area contributed by atoms with Crippen LogP contribution in [0, 0.1) is 6.92 Å². The lowest BCUT2D eigenvalue weighted by Crippen LogP contribution is -2.47. The van der Waals surface area contributed by atoms with Gasteiger partial charge in [-0.15, -0.1) is 11.3 Å². The second kappa shape index (κ2) is 5.20. The van der Waals surface area contributed by atoms with Crippen LogP contribution < -0.4 is 4.72 Å². The van der Waals surface area contributed by atoms with Crippen LogP contribution >= 0.6 is 11.3 Å². The average Bonchev–Trinajstić information content (AvgIpc) is 2.66. The van der Waals surface area contributed by atoms with Crippen molar-refractivity contribution >= 4 is 27.3 Å². The predicted octanol–water partition coefficient (Wildman–Crippen LogP) is 1.21. The van der Waals surface area contributed by atoms with E-state index in [1.165, 1.54) is 6.07 Å². The van der Waals surface area contributed by atoms with Gasteiger partial charge in [0.2, 0.25) is 10.0 Å². The summed E-state index contributed by atoms with van der Waals surface area (Å²) in [7, 11) is -2.06. The summed E-state index contributed by atoms with van der Waals surface area (Å²) in [4.78, 5) is 11.4. The number of carbonyl (C=O) groups is 1. The van der Waals surface area contributed by atoms with E-state index >= 15 is 0 Å². The number of carboxylic acid groups (broad SMARTS) is 1. The Morgan fingerprint density at radius 1 is 1.53 bits per heavy atom. The molecule has 0 aromatic carbocycles. The second-order valence-electron chi connectivity index (χ2n) is 4.48.